The molecule has 0 fully saturated rings. The van der Waals surface area contributed by atoms with Crippen LogP contribution in [0.3, 0.4) is 0 Å². The van der Waals surface area contributed by atoms with Gasteiger partial charge in [0.1, 0.15) is 5.82 Å². The summed E-state index contributed by atoms with van der Waals surface area (Å²) >= 11 is 5.71. The lowest BCUT2D eigenvalue weighted by Gasteiger charge is -2.06. The molecule has 0 heterocycles. The third kappa shape index (κ3) is 4.66. The van der Waals surface area contributed by atoms with Crippen molar-refractivity contribution >= 4 is 11.6 Å². The summed E-state index contributed by atoms with van der Waals surface area (Å²) < 4.78 is 13.5. The number of rotatable bonds is 6. The van der Waals surface area contributed by atoms with Gasteiger partial charge in [0, 0.05) is 17.1 Å². The highest BCUT2D eigenvalue weighted by Crippen LogP contribution is 2.14. The lowest BCUT2D eigenvalue weighted by atomic mass is 10.1. The van der Waals surface area contributed by atoms with Crippen LogP contribution in [0.1, 0.15) is 17.5 Å². The highest BCUT2D eigenvalue weighted by molar-refractivity contribution is 6.30. The normalized spacial score (nSPS) is 10.6. The monoisotopic (exact) mass is 277 g/mol. The van der Waals surface area contributed by atoms with Gasteiger partial charge in [-0.05, 0) is 37.1 Å². The SMILES string of the molecule is Fc1cc(Cl)ccc1CNCCCc1ccccc1. The fourth-order valence-corrected chi connectivity index (χ4v) is 2.11. The van der Waals surface area contributed by atoms with E-state index in [1.165, 1.54) is 11.6 Å². The van der Waals surface area contributed by atoms with Crippen molar-refractivity contribution in [2.24, 2.45) is 0 Å². The average Bonchev–Trinajstić information content (AvgIpc) is 2.42. The molecule has 1 N–H and O–H groups in total. The number of nitrogens with one attached hydrogen (secondary N) is 1. The molecule has 19 heavy (non-hydrogen) atoms. The van der Waals surface area contributed by atoms with Crippen molar-refractivity contribution in [3.63, 3.8) is 0 Å². The van der Waals surface area contributed by atoms with E-state index < -0.39 is 0 Å². The highest BCUT2D eigenvalue weighted by atomic mass is 35.5. The molecule has 2 aromatic rings. The molecule has 0 aliphatic carbocycles. The molecule has 0 bridgehead atoms. The van der Waals surface area contributed by atoms with E-state index in [1.807, 2.05) is 18.2 Å². The first-order chi connectivity index (χ1) is 9.25. The molecule has 1 nitrogen and oxygen atoms in total. The third-order valence-electron chi connectivity index (χ3n) is 2.99. The van der Waals surface area contributed by atoms with E-state index in [4.69, 9.17) is 11.6 Å². The Morgan fingerprint density at radius 1 is 1.05 bits per heavy atom. The Bertz CT molecular complexity index is 513. The summed E-state index contributed by atoms with van der Waals surface area (Å²) in [7, 11) is 0. The lowest BCUT2D eigenvalue weighted by Crippen LogP contribution is -2.16. The Hall–Kier alpha value is -1.38. The minimum atomic E-state index is -0.247. The molecule has 0 amide bonds. The smallest absolute Gasteiger partial charge is 0.129 e. The van der Waals surface area contributed by atoms with Crippen molar-refractivity contribution in [3.05, 3.63) is 70.5 Å². The van der Waals surface area contributed by atoms with Gasteiger partial charge in [-0.15, -0.1) is 0 Å². The second kappa shape index (κ2) is 7.27. The fourth-order valence-electron chi connectivity index (χ4n) is 1.95. The van der Waals surface area contributed by atoms with Crippen LogP contribution in [-0.2, 0) is 13.0 Å². The van der Waals surface area contributed by atoms with Gasteiger partial charge in [0.2, 0.25) is 0 Å². The van der Waals surface area contributed by atoms with Crippen LogP contribution in [0.4, 0.5) is 4.39 Å². The summed E-state index contributed by atoms with van der Waals surface area (Å²) in [5, 5.41) is 3.68. The van der Waals surface area contributed by atoms with Gasteiger partial charge < -0.3 is 5.32 Å². The Labute approximate surface area is 118 Å². The zero-order chi connectivity index (χ0) is 13.5. The molecule has 3 heteroatoms. The number of benzene rings is 2. The largest absolute Gasteiger partial charge is 0.313 e. The summed E-state index contributed by atoms with van der Waals surface area (Å²) in [6.45, 7) is 1.41. The Morgan fingerprint density at radius 3 is 2.58 bits per heavy atom. The van der Waals surface area contributed by atoms with Crippen molar-refractivity contribution in [3.8, 4) is 0 Å². The van der Waals surface area contributed by atoms with E-state index in [1.54, 1.807) is 12.1 Å². The van der Waals surface area contributed by atoms with Gasteiger partial charge in [-0.25, -0.2) is 4.39 Å². The quantitative estimate of drug-likeness (QED) is 0.780. The topological polar surface area (TPSA) is 12.0 Å². The number of hydrogen-bond donors (Lipinski definition) is 1. The zero-order valence-electron chi connectivity index (χ0n) is 10.7. The van der Waals surface area contributed by atoms with E-state index in [2.05, 4.69) is 17.4 Å². The minimum absolute atomic E-state index is 0.247. The Kier molecular flexibility index (Phi) is 5.37. The van der Waals surface area contributed by atoms with Gasteiger partial charge in [0.25, 0.3) is 0 Å². The van der Waals surface area contributed by atoms with Crippen LogP contribution in [0.25, 0.3) is 0 Å². The van der Waals surface area contributed by atoms with Gasteiger partial charge in [-0.1, -0.05) is 48.0 Å². The van der Waals surface area contributed by atoms with Crippen molar-refractivity contribution in [2.75, 3.05) is 6.54 Å². The van der Waals surface area contributed by atoms with Gasteiger partial charge in [0.05, 0.1) is 0 Å². The Morgan fingerprint density at radius 2 is 1.84 bits per heavy atom. The van der Waals surface area contributed by atoms with E-state index in [0.29, 0.717) is 17.1 Å². The number of aryl methyl sites for hydroxylation is 1. The van der Waals surface area contributed by atoms with E-state index in [0.717, 1.165) is 19.4 Å². The zero-order valence-corrected chi connectivity index (χ0v) is 11.5. The summed E-state index contributed by atoms with van der Waals surface area (Å²) in [5.74, 6) is -0.247. The van der Waals surface area contributed by atoms with E-state index in [9.17, 15) is 4.39 Å². The molecule has 0 aromatic heterocycles. The maximum absolute atomic E-state index is 13.5. The maximum Gasteiger partial charge on any atom is 0.129 e. The molecule has 0 radical (unpaired) electrons. The van der Waals surface area contributed by atoms with Gasteiger partial charge >= 0.3 is 0 Å². The van der Waals surface area contributed by atoms with Crippen molar-refractivity contribution in [1.82, 2.24) is 5.32 Å². The van der Waals surface area contributed by atoms with E-state index in [-0.39, 0.29) is 5.82 Å². The second-order valence-electron chi connectivity index (χ2n) is 4.50. The van der Waals surface area contributed by atoms with Crippen LogP contribution in [0, 0.1) is 5.82 Å². The lowest BCUT2D eigenvalue weighted by molar-refractivity contribution is 0.582. The summed E-state index contributed by atoms with van der Waals surface area (Å²) in [6, 6.07) is 15.1. The predicted octanol–water partition coefficient (Wildman–Crippen LogP) is 4.20. The highest BCUT2D eigenvalue weighted by Gasteiger charge is 2.02. The molecule has 0 atom stereocenters. The first-order valence-corrected chi connectivity index (χ1v) is 6.82. The molecular weight excluding hydrogens is 261 g/mol. The summed E-state index contributed by atoms with van der Waals surface area (Å²) in [6.07, 6.45) is 2.08. The molecular formula is C16H17ClFN. The van der Waals surface area contributed by atoms with Gasteiger partial charge in [-0.2, -0.15) is 0 Å². The van der Waals surface area contributed by atoms with Crippen LogP contribution in [-0.4, -0.2) is 6.54 Å². The van der Waals surface area contributed by atoms with Crippen molar-refractivity contribution < 1.29 is 4.39 Å². The molecule has 0 aliphatic rings. The molecule has 0 aliphatic heterocycles. The molecule has 2 aromatic carbocycles. The average molecular weight is 278 g/mol. The second-order valence-corrected chi connectivity index (χ2v) is 4.94. The molecule has 0 saturated carbocycles. The van der Waals surface area contributed by atoms with Gasteiger partial charge in [0.15, 0.2) is 0 Å². The maximum atomic E-state index is 13.5. The van der Waals surface area contributed by atoms with E-state index >= 15 is 0 Å². The molecule has 0 saturated heterocycles. The van der Waals surface area contributed by atoms with Gasteiger partial charge in [-0.3, -0.25) is 0 Å². The van der Waals surface area contributed by atoms with Crippen LogP contribution in [0.5, 0.6) is 0 Å². The summed E-state index contributed by atoms with van der Waals surface area (Å²) in [4.78, 5) is 0. The Balaban J connectivity index is 1.69. The number of halogens is 2. The molecule has 2 rings (SSSR count). The van der Waals surface area contributed by atoms with Crippen LogP contribution in [0.2, 0.25) is 5.02 Å². The first-order valence-electron chi connectivity index (χ1n) is 6.44. The summed E-state index contributed by atoms with van der Waals surface area (Å²) in [5.41, 5.74) is 1.99. The van der Waals surface area contributed by atoms with Crippen molar-refractivity contribution in [2.45, 2.75) is 19.4 Å². The van der Waals surface area contributed by atoms with Crippen LogP contribution < -0.4 is 5.32 Å². The standard InChI is InChI=1S/C16H17ClFN/c17-15-9-8-14(16(18)11-15)12-19-10-4-7-13-5-2-1-3-6-13/h1-3,5-6,8-9,11,19H,4,7,10,12H2. The predicted molar refractivity (Wildman–Crippen MR) is 77.9 cm³/mol. The molecule has 0 spiro atoms. The first kappa shape index (κ1) is 14.0. The third-order valence-corrected chi connectivity index (χ3v) is 3.23. The van der Waals surface area contributed by atoms with Crippen LogP contribution >= 0.6 is 11.6 Å². The van der Waals surface area contributed by atoms with Crippen LogP contribution in [0.15, 0.2) is 48.5 Å². The molecule has 100 valence electrons. The molecule has 0 unspecified atom stereocenters. The number of hydrogen-bond acceptors (Lipinski definition) is 1. The minimum Gasteiger partial charge on any atom is -0.313 e. The van der Waals surface area contributed by atoms with Crippen molar-refractivity contribution in [1.29, 1.82) is 0 Å². The fraction of sp³-hybridized carbons (Fsp3) is 0.250.